The van der Waals surface area contributed by atoms with Gasteiger partial charge in [-0.05, 0) is 32.8 Å². The normalized spacial score (nSPS) is 26.9. The van der Waals surface area contributed by atoms with Gasteiger partial charge in [-0.15, -0.1) is 0 Å². The van der Waals surface area contributed by atoms with Gasteiger partial charge in [0.25, 0.3) is 0 Å². The zero-order valence-electron chi connectivity index (χ0n) is 10.6. The van der Waals surface area contributed by atoms with Gasteiger partial charge in [0.05, 0.1) is 11.7 Å². The number of piperidine rings is 1. The highest BCUT2D eigenvalue weighted by Gasteiger charge is 2.29. The Kier molecular flexibility index (Phi) is 3.40. The Morgan fingerprint density at radius 2 is 2.06 bits per heavy atom. The Hall–Kier alpha value is -1.06. The van der Waals surface area contributed by atoms with E-state index in [4.69, 9.17) is 0 Å². The minimum Gasteiger partial charge on any atom is -0.389 e. The number of nitrogens with zero attached hydrogens (tertiary/aromatic N) is 1. The molecule has 1 aromatic rings. The molecule has 1 heterocycles. The maximum Gasteiger partial charge on any atom is 0.0794 e. The fourth-order valence-corrected chi connectivity index (χ4v) is 2.55. The molecule has 1 fully saturated rings. The third kappa shape index (κ3) is 2.79. The van der Waals surface area contributed by atoms with Crippen LogP contribution in [0.15, 0.2) is 24.3 Å². The Labute approximate surface area is 103 Å². The largest absolute Gasteiger partial charge is 0.389 e. The van der Waals surface area contributed by atoms with E-state index in [0.29, 0.717) is 6.54 Å². The predicted molar refractivity (Wildman–Crippen MR) is 69.1 cm³/mol. The zero-order valence-corrected chi connectivity index (χ0v) is 10.6. The molecule has 17 heavy (non-hydrogen) atoms. The monoisotopic (exact) mass is 235 g/mol. The van der Waals surface area contributed by atoms with E-state index >= 15 is 0 Å². The maximum atomic E-state index is 10.1. The summed E-state index contributed by atoms with van der Waals surface area (Å²) in [6.07, 6.45) is 1.36. The van der Waals surface area contributed by atoms with E-state index in [1.165, 1.54) is 0 Å². The van der Waals surface area contributed by atoms with E-state index in [-0.39, 0.29) is 0 Å². The molecule has 1 aliphatic rings. The molecular weight excluding hydrogens is 214 g/mol. The summed E-state index contributed by atoms with van der Waals surface area (Å²) in [5.74, 6) is 0. The van der Waals surface area contributed by atoms with Crippen LogP contribution < -0.4 is 4.90 Å². The van der Waals surface area contributed by atoms with Gasteiger partial charge in [0, 0.05) is 24.3 Å². The number of hydrogen-bond acceptors (Lipinski definition) is 3. The van der Waals surface area contributed by atoms with Gasteiger partial charge < -0.3 is 15.1 Å². The van der Waals surface area contributed by atoms with E-state index in [2.05, 4.69) is 4.90 Å². The van der Waals surface area contributed by atoms with Crippen molar-refractivity contribution in [2.24, 2.45) is 0 Å². The van der Waals surface area contributed by atoms with Gasteiger partial charge in [0.2, 0.25) is 0 Å². The summed E-state index contributed by atoms with van der Waals surface area (Å²) in [5, 5.41) is 19.9. The molecule has 1 saturated heterocycles. The molecule has 3 heteroatoms. The van der Waals surface area contributed by atoms with Gasteiger partial charge in [-0.25, -0.2) is 0 Å². The number of benzene rings is 1. The number of rotatable bonds is 2. The van der Waals surface area contributed by atoms with Crippen LogP contribution in [0.4, 0.5) is 5.69 Å². The Morgan fingerprint density at radius 1 is 1.35 bits per heavy atom. The summed E-state index contributed by atoms with van der Waals surface area (Å²) in [6.45, 7) is 5.24. The minimum absolute atomic E-state index is 0.474. The number of para-hydroxylation sites is 1. The summed E-state index contributed by atoms with van der Waals surface area (Å²) < 4.78 is 0. The van der Waals surface area contributed by atoms with Crippen LogP contribution in [0.1, 0.15) is 38.4 Å². The van der Waals surface area contributed by atoms with Gasteiger partial charge in [-0.2, -0.15) is 0 Å². The average molecular weight is 235 g/mol. The van der Waals surface area contributed by atoms with Crippen LogP contribution in [-0.4, -0.2) is 28.9 Å². The number of aliphatic hydroxyl groups is 2. The number of aliphatic hydroxyl groups excluding tert-OH is 1. The molecule has 1 aliphatic heterocycles. The second-order valence-corrected chi connectivity index (χ2v) is 5.26. The molecule has 0 aliphatic carbocycles. The van der Waals surface area contributed by atoms with Crippen LogP contribution >= 0.6 is 0 Å². The topological polar surface area (TPSA) is 43.7 Å². The molecular formula is C14H21NO2. The maximum absolute atomic E-state index is 10.1. The highest BCUT2D eigenvalue weighted by molar-refractivity contribution is 5.55. The van der Waals surface area contributed by atoms with Crippen LogP contribution in [0.5, 0.6) is 0 Å². The summed E-state index contributed by atoms with van der Waals surface area (Å²) in [5.41, 5.74) is 1.36. The molecule has 3 nitrogen and oxygen atoms in total. The average Bonchev–Trinajstić information content (AvgIpc) is 2.27. The van der Waals surface area contributed by atoms with Crippen molar-refractivity contribution >= 4 is 5.69 Å². The third-order valence-electron chi connectivity index (χ3n) is 3.40. The lowest BCUT2D eigenvalue weighted by Gasteiger charge is -2.39. The summed E-state index contributed by atoms with van der Waals surface area (Å²) in [7, 11) is 0. The van der Waals surface area contributed by atoms with Gasteiger partial charge in [-0.3, -0.25) is 0 Å². The van der Waals surface area contributed by atoms with Crippen LogP contribution in [-0.2, 0) is 0 Å². The first-order valence-corrected chi connectivity index (χ1v) is 6.24. The highest BCUT2D eigenvalue weighted by Crippen LogP contribution is 2.30. The summed E-state index contributed by atoms with van der Waals surface area (Å²) in [4.78, 5) is 2.17. The van der Waals surface area contributed by atoms with Crippen molar-refractivity contribution < 1.29 is 10.2 Å². The Balaban J connectivity index is 2.27. The molecule has 2 atom stereocenters. The molecule has 0 aromatic heterocycles. The summed E-state index contributed by atoms with van der Waals surface area (Å²) >= 11 is 0. The minimum atomic E-state index is -0.621. The molecule has 0 amide bonds. The van der Waals surface area contributed by atoms with Gasteiger partial charge in [0.15, 0.2) is 0 Å². The number of anilines is 1. The lowest BCUT2D eigenvalue weighted by molar-refractivity contribution is 0.0447. The fourth-order valence-electron chi connectivity index (χ4n) is 2.55. The van der Waals surface area contributed by atoms with Crippen molar-refractivity contribution in [1.82, 2.24) is 0 Å². The first kappa shape index (κ1) is 12.4. The fraction of sp³-hybridized carbons (Fsp3) is 0.571. The second kappa shape index (κ2) is 4.67. The van der Waals surface area contributed by atoms with Gasteiger partial charge in [0.1, 0.15) is 0 Å². The quantitative estimate of drug-likeness (QED) is 0.825. The molecule has 0 radical (unpaired) electrons. The highest BCUT2D eigenvalue weighted by atomic mass is 16.3. The molecule has 1 aromatic carbocycles. The van der Waals surface area contributed by atoms with Crippen molar-refractivity contribution in [2.45, 2.75) is 38.4 Å². The van der Waals surface area contributed by atoms with Crippen LogP contribution in [0.25, 0.3) is 0 Å². The standard InChI is InChI=1S/C14H21NO2/c1-11(16)12-6-3-4-7-13(12)15-9-5-8-14(2,17)10-15/h3-4,6-7,11,16-17H,5,8-10H2,1-2H3/t11-,14?/m1/s1. The van der Waals surface area contributed by atoms with Crippen molar-refractivity contribution in [3.63, 3.8) is 0 Å². The number of β-amino-alcohol motifs (C(OH)–C–C–N with tert-alkyl or cyclic N) is 1. The molecule has 0 bridgehead atoms. The third-order valence-corrected chi connectivity index (χ3v) is 3.40. The number of hydrogen-bond donors (Lipinski definition) is 2. The van der Waals surface area contributed by atoms with E-state index < -0.39 is 11.7 Å². The van der Waals surface area contributed by atoms with Crippen molar-refractivity contribution in [1.29, 1.82) is 0 Å². The van der Waals surface area contributed by atoms with Crippen LogP contribution in [0.3, 0.4) is 0 Å². The zero-order chi connectivity index (χ0) is 12.5. The molecule has 0 saturated carbocycles. The molecule has 2 N–H and O–H groups in total. The van der Waals surface area contributed by atoms with Gasteiger partial charge in [-0.1, -0.05) is 18.2 Å². The first-order valence-electron chi connectivity index (χ1n) is 6.24. The first-order chi connectivity index (χ1) is 7.99. The van der Waals surface area contributed by atoms with Gasteiger partial charge >= 0.3 is 0 Å². The molecule has 1 unspecified atom stereocenters. The predicted octanol–water partition coefficient (Wildman–Crippen LogP) is 2.09. The van der Waals surface area contributed by atoms with E-state index in [1.54, 1.807) is 6.92 Å². The van der Waals surface area contributed by atoms with E-state index in [9.17, 15) is 10.2 Å². The smallest absolute Gasteiger partial charge is 0.0794 e. The summed E-state index contributed by atoms with van der Waals surface area (Å²) in [6, 6.07) is 7.88. The van der Waals surface area contributed by atoms with Crippen molar-refractivity contribution in [3.8, 4) is 0 Å². The lowest BCUT2D eigenvalue weighted by atomic mass is 9.94. The van der Waals surface area contributed by atoms with Crippen molar-refractivity contribution in [3.05, 3.63) is 29.8 Å². The second-order valence-electron chi connectivity index (χ2n) is 5.26. The molecule has 94 valence electrons. The SMILES string of the molecule is C[C@@H](O)c1ccccc1N1CCCC(C)(O)C1. The van der Waals surface area contributed by atoms with Crippen LogP contribution in [0, 0.1) is 0 Å². The van der Waals surface area contributed by atoms with E-state index in [0.717, 1.165) is 30.6 Å². The molecule has 0 spiro atoms. The molecule has 2 rings (SSSR count). The lowest BCUT2D eigenvalue weighted by Crippen LogP contribution is -2.46. The van der Waals surface area contributed by atoms with Crippen molar-refractivity contribution in [2.75, 3.05) is 18.0 Å². The Morgan fingerprint density at radius 3 is 2.71 bits per heavy atom. The van der Waals surface area contributed by atoms with E-state index in [1.807, 2.05) is 31.2 Å². The van der Waals surface area contributed by atoms with Crippen LogP contribution in [0.2, 0.25) is 0 Å². The Bertz CT molecular complexity index is 388.